The Bertz CT molecular complexity index is 1020. The Labute approximate surface area is 143 Å². The molecule has 0 unspecified atom stereocenters. The Morgan fingerprint density at radius 3 is 2.21 bits per heavy atom. The van der Waals surface area contributed by atoms with Gasteiger partial charge in [-0.3, -0.25) is 4.98 Å². The highest BCUT2D eigenvalue weighted by Gasteiger charge is 2.14. The number of benzene rings is 3. The molecule has 118 valence electrons. The molecular weight excluding hydrogens is 290 g/mol. The lowest BCUT2D eigenvalue weighted by molar-refractivity contribution is 0.590. The van der Waals surface area contributed by atoms with E-state index in [0.29, 0.717) is 0 Å². The van der Waals surface area contributed by atoms with E-state index in [-0.39, 0.29) is 5.41 Å². The Kier molecular flexibility index (Phi) is 3.38. The van der Waals surface area contributed by atoms with Crippen molar-refractivity contribution in [1.82, 2.24) is 4.98 Å². The summed E-state index contributed by atoms with van der Waals surface area (Å²) in [7, 11) is 0. The number of aromatic nitrogens is 1. The second kappa shape index (κ2) is 5.45. The predicted molar refractivity (Wildman–Crippen MR) is 103 cm³/mol. The van der Waals surface area contributed by atoms with Crippen LogP contribution in [0.2, 0.25) is 0 Å². The average Bonchev–Trinajstić information content (AvgIpc) is 2.60. The number of hydrogen-bond acceptors (Lipinski definition) is 1. The molecule has 0 aliphatic rings. The van der Waals surface area contributed by atoms with E-state index in [2.05, 4.69) is 92.5 Å². The Hall–Kier alpha value is -2.67. The Balaban J connectivity index is 1.92. The number of nitrogens with zero attached hydrogens (tertiary/aromatic N) is 1. The highest BCUT2D eigenvalue weighted by atomic mass is 14.6. The minimum Gasteiger partial charge on any atom is -0.256 e. The molecule has 0 saturated carbocycles. The van der Waals surface area contributed by atoms with Gasteiger partial charge in [0.05, 0.1) is 5.52 Å². The lowest BCUT2D eigenvalue weighted by atomic mass is 9.86. The highest BCUT2D eigenvalue weighted by molar-refractivity contribution is 6.09. The van der Waals surface area contributed by atoms with Crippen LogP contribution in [0.15, 0.2) is 72.9 Å². The van der Waals surface area contributed by atoms with Crippen LogP contribution < -0.4 is 0 Å². The fourth-order valence-corrected chi connectivity index (χ4v) is 3.29. The van der Waals surface area contributed by atoms with Gasteiger partial charge < -0.3 is 0 Å². The maximum atomic E-state index is 4.65. The monoisotopic (exact) mass is 311 g/mol. The minimum absolute atomic E-state index is 0.176. The van der Waals surface area contributed by atoms with Gasteiger partial charge in [0.15, 0.2) is 0 Å². The number of pyridine rings is 1. The molecule has 0 atom stereocenters. The third-order valence-electron chi connectivity index (χ3n) is 4.70. The largest absolute Gasteiger partial charge is 0.256 e. The lowest BCUT2D eigenvalue weighted by Gasteiger charge is -2.19. The third-order valence-corrected chi connectivity index (χ3v) is 4.70. The van der Waals surface area contributed by atoms with Crippen molar-refractivity contribution in [3.8, 4) is 11.1 Å². The van der Waals surface area contributed by atoms with Crippen LogP contribution in [0.1, 0.15) is 26.3 Å². The molecule has 0 spiro atoms. The second-order valence-corrected chi connectivity index (χ2v) is 7.37. The number of rotatable bonds is 1. The predicted octanol–water partition coefficient (Wildman–Crippen LogP) is 6.35. The minimum atomic E-state index is 0.176. The zero-order valence-corrected chi connectivity index (χ0v) is 14.4. The molecule has 0 aliphatic carbocycles. The Morgan fingerprint density at radius 1 is 0.708 bits per heavy atom. The average molecular weight is 311 g/mol. The van der Waals surface area contributed by atoms with Gasteiger partial charge in [-0.2, -0.15) is 0 Å². The second-order valence-electron chi connectivity index (χ2n) is 7.37. The van der Waals surface area contributed by atoms with Gasteiger partial charge in [-0.15, -0.1) is 0 Å². The molecule has 1 nitrogen and oxygen atoms in total. The SMILES string of the molecule is CC(C)(C)c1ccc(-c2ccnc3c2ccc2ccccc23)cc1. The van der Waals surface area contributed by atoms with E-state index in [1.165, 1.54) is 32.8 Å². The van der Waals surface area contributed by atoms with Crippen LogP contribution in [0, 0.1) is 0 Å². The summed E-state index contributed by atoms with van der Waals surface area (Å²) >= 11 is 0. The summed E-state index contributed by atoms with van der Waals surface area (Å²) in [4.78, 5) is 4.65. The van der Waals surface area contributed by atoms with Crippen molar-refractivity contribution < 1.29 is 0 Å². The zero-order chi connectivity index (χ0) is 16.7. The van der Waals surface area contributed by atoms with Crippen molar-refractivity contribution in [2.24, 2.45) is 0 Å². The first kappa shape index (κ1) is 14.9. The van der Waals surface area contributed by atoms with Crippen molar-refractivity contribution in [2.45, 2.75) is 26.2 Å². The van der Waals surface area contributed by atoms with E-state index in [0.717, 1.165) is 5.52 Å². The Morgan fingerprint density at radius 2 is 1.46 bits per heavy atom. The van der Waals surface area contributed by atoms with Crippen LogP contribution in [0.3, 0.4) is 0 Å². The van der Waals surface area contributed by atoms with Crippen LogP contribution in [0.5, 0.6) is 0 Å². The van der Waals surface area contributed by atoms with E-state index in [1.807, 2.05) is 6.20 Å². The summed E-state index contributed by atoms with van der Waals surface area (Å²) in [5, 5.41) is 3.65. The molecule has 1 heteroatoms. The molecule has 1 heterocycles. The molecule has 0 amide bonds. The third kappa shape index (κ3) is 2.46. The van der Waals surface area contributed by atoms with Gasteiger partial charge in [0.2, 0.25) is 0 Å². The van der Waals surface area contributed by atoms with E-state index in [4.69, 9.17) is 0 Å². The summed E-state index contributed by atoms with van der Waals surface area (Å²) < 4.78 is 0. The number of fused-ring (bicyclic) bond motifs is 3. The number of hydrogen-bond donors (Lipinski definition) is 0. The van der Waals surface area contributed by atoms with Crippen molar-refractivity contribution >= 4 is 21.7 Å². The molecule has 4 rings (SSSR count). The first-order chi connectivity index (χ1) is 11.5. The van der Waals surface area contributed by atoms with Crippen molar-refractivity contribution in [1.29, 1.82) is 0 Å². The van der Waals surface area contributed by atoms with Gasteiger partial charge in [-0.25, -0.2) is 0 Å². The van der Waals surface area contributed by atoms with Gasteiger partial charge in [0.25, 0.3) is 0 Å². The van der Waals surface area contributed by atoms with E-state index >= 15 is 0 Å². The van der Waals surface area contributed by atoms with Crippen molar-refractivity contribution in [3.05, 3.63) is 78.5 Å². The molecule has 24 heavy (non-hydrogen) atoms. The van der Waals surface area contributed by atoms with Crippen LogP contribution in [0.25, 0.3) is 32.8 Å². The topological polar surface area (TPSA) is 12.9 Å². The first-order valence-corrected chi connectivity index (χ1v) is 8.41. The molecule has 3 aromatic carbocycles. The van der Waals surface area contributed by atoms with Gasteiger partial charge >= 0.3 is 0 Å². The van der Waals surface area contributed by atoms with Crippen LogP contribution >= 0.6 is 0 Å². The van der Waals surface area contributed by atoms with Gasteiger partial charge in [0, 0.05) is 17.0 Å². The van der Waals surface area contributed by atoms with Crippen molar-refractivity contribution in [3.63, 3.8) is 0 Å². The molecule has 4 aromatic rings. The first-order valence-electron chi connectivity index (χ1n) is 8.41. The maximum Gasteiger partial charge on any atom is 0.0786 e. The van der Waals surface area contributed by atoms with Crippen LogP contribution in [0.4, 0.5) is 0 Å². The highest BCUT2D eigenvalue weighted by Crippen LogP contribution is 2.33. The smallest absolute Gasteiger partial charge is 0.0786 e. The molecule has 0 aliphatic heterocycles. The van der Waals surface area contributed by atoms with Gasteiger partial charge in [0.1, 0.15) is 0 Å². The summed E-state index contributed by atoms with van der Waals surface area (Å²) in [6, 6.07) is 23.9. The summed E-state index contributed by atoms with van der Waals surface area (Å²) in [5.74, 6) is 0. The molecule has 0 bridgehead atoms. The van der Waals surface area contributed by atoms with E-state index < -0.39 is 0 Å². The van der Waals surface area contributed by atoms with Gasteiger partial charge in [-0.05, 0) is 33.6 Å². The summed E-state index contributed by atoms with van der Waals surface area (Å²) in [5.41, 5.74) is 5.09. The van der Waals surface area contributed by atoms with Crippen LogP contribution in [-0.4, -0.2) is 4.98 Å². The zero-order valence-electron chi connectivity index (χ0n) is 14.4. The fraction of sp³-hybridized carbons (Fsp3) is 0.174. The fourth-order valence-electron chi connectivity index (χ4n) is 3.29. The normalized spacial score (nSPS) is 12.0. The molecule has 0 radical (unpaired) electrons. The summed E-state index contributed by atoms with van der Waals surface area (Å²) in [6.45, 7) is 6.74. The lowest BCUT2D eigenvalue weighted by Crippen LogP contribution is -2.10. The molecule has 0 N–H and O–H groups in total. The molecule has 1 aromatic heterocycles. The quantitative estimate of drug-likeness (QED) is 0.373. The molecule has 0 saturated heterocycles. The standard InChI is InChI=1S/C23H21N/c1-23(2,3)18-11-8-17(9-12-18)19-14-15-24-22-20-7-5-4-6-16(20)10-13-21(19)22/h4-15H,1-3H3. The molecular formula is C23H21N. The maximum absolute atomic E-state index is 4.65. The molecule has 0 fully saturated rings. The van der Waals surface area contributed by atoms with Crippen LogP contribution in [-0.2, 0) is 5.41 Å². The van der Waals surface area contributed by atoms with E-state index in [9.17, 15) is 0 Å². The van der Waals surface area contributed by atoms with E-state index in [1.54, 1.807) is 0 Å². The van der Waals surface area contributed by atoms with Gasteiger partial charge in [-0.1, -0.05) is 81.4 Å². The van der Waals surface area contributed by atoms with Crippen molar-refractivity contribution in [2.75, 3.05) is 0 Å². The summed E-state index contributed by atoms with van der Waals surface area (Å²) in [6.07, 6.45) is 1.92.